The Hall–Kier alpha value is -2.15. The van der Waals surface area contributed by atoms with Crippen LogP contribution in [0.2, 0.25) is 0 Å². The zero-order valence-corrected chi connectivity index (χ0v) is 9.72. The summed E-state index contributed by atoms with van der Waals surface area (Å²) in [6.45, 7) is 2.12. The topological polar surface area (TPSA) is 12.9 Å². The molecule has 0 aliphatic carbocycles. The van der Waals surface area contributed by atoms with Crippen LogP contribution >= 0.6 is 0 Å². The molecule has 0 aliphatic rings. The van der Waals surface area contributed by atoms with E-state index in [9.17, 15) is 0 Å². The second-order valence-electron chi connectivity index (χ2n) is 4.28. The third-order valence-corrected chi connectivity index (χ3v) is 2.95. The number of pyridine rings is 1. The van der Waals surface area contributed by atoms with Crippen molar-refractivity contribution in [2.45, 2.75) is 6.92 Å². The predicted octanol–water partition coefficient (Wildman–Crippen LogP) is 4.21. The van der Waals surface area contributed by atoms with Gasteiger partial charge in [-0.1, -0.05) is 42.0 Å². The molecular formula is C16H13N. The van der Waals surface area contributed by atoms with Crippen LogP contribution in [-0.2, 0) is 0 Å². The van der Waals surface area contributed by atoms with E-state index < -0.39 is 0 Å². The van der Waals surface area contributed by atoms with Crippen LogP contribution in [0, 0.1) is 6.92 Å². The molecule has 0 fully saturated rings. The highest BCUT2D eigenvalue weighted by molar-refractivity contribution is 5.84. The minimum Gasteiger partial charge on any atom is -0.256 e. The molecule has 0 bridgehead atoms. The first-order valence-corrected chi connectivity index (χ1v) is 5.75. The Kier molecular flexibility index (Phi) is 2.37. The highest BCUT2D eigenvalue weighted by atomic mass is 14.6. The van der Waals surface area contributed by atoms with Crippen LogP contribution in [0.15, 0.2) is 60.8 Å². The zero-order chi connectivity index (χ0) is 11.7. The molecule has 0 unspecified atom stereocenters. The average Bonchev–Trinajstić information content (AvgIpc) is 2.38. The van der Waals surface area contributed by atoms with Crippen molar-refractivity contribution in [3.63, 3.8) is 0 Å². The lowest BCUT2D eigenvalue weighted by molar-refractivity contribution is 1.41. The Bertz CT molecular complexity index is 671. The van der Waals surface area contributed by atoms with Gasteiger partial charge in [0, 0.05) is 11.6 Å². The first kappa shape index (κ1) is 10.0. The first-order valence-electron chi connectivity index (χ1n) is 5.75. The van der Waals surface area contributed by atoms with Crippen molar-refractivity contribution in [3.8, 4) is 11.1 Å². The van der Waals surface area contributed by atoms with Crippen molar-refractivity contribution >= 4 is 10.9 Å². The van der Waals surface area contributed by atoms with Gasteiger partial charge in [0.1, 0.15) is 0 Å². The van der Waals surface area contributed by atoms with Gasteiger partial charge in [-0.2, -0.15) is 0 Å². The van der Waals surface area contributed by atoms with Crippen LogP contribution in [0.1, 0.15) is 5.56 Å². The monoisotopic (exact) mass is 219 g/mol. The Morgan fingerprint density at radius 1 is 0.824 bits per heavy atom. The van der Waals surface area contributed by atoms with E-state index in [1.165, 1.54) is 22.1 Å². The lowest BCUT2D eigenvalue weighted by atomic mass is 10.0. The maximum atomic E-state index is 4.33. The molecular weight excluding hydrogens is 206 g/mol. The molecule has 1 heterocycles. The van der Waals surface area contributed by atoms with Gasteiger partial charge in [0.15, 0.2) is 0 Å². The Labute approximate surface area is 101 Å². The van der Waals surface area contributed by atoms with Crippen LogP contribution in [-0.4, -0.2) is 4.98 Å². The summed E-state index contributed by atoms with van der Waals surface area (Å²) in [5.41, 5.74) is 4.84. The normalized spacial score (nSPS) is 10.6. The number of aryl methyl sites for hydroxylation is 1. The van der Waals surface area contributed by atoms with Crippen LogP contribution in [0.25, 0.3) is 22.0 Å². The average molecular weight is 219 g/mol. The number of aromatic nitrogens is 1. The van der Waals surface area contributed by atoms with E-state index in [1.54, 1.807) is 0 Å². The Morgan fingerprint density at radius 2 is 1.71 bits per heavy atom. The molecule has 17 heavy (non-hydrogen) atoms. The van der Waals surface area contributed by atoms with Gasteiger partial charge in [0.25, 0.3) is 0 Å². The number of rotatable bonds is 1. The zero-order valence-electron chi connectivity index (χ0n) is 9.72. The standard InChI is InChI=1S/C16H13N/c1-12-4-2-5-13(10-12)14-7-8-16-15(11-14)6-3-9-17-16/h2-11H,1H3. The number of fused-ring (bicyclic) bond motifs is 1. The summed E-state index contributed by atoms with van der Waals surface area (Å²) < 4.78 is 0. The fourth-order valence-electron chi connectivity index (χ4n) is 2.08. The number of hydrogen-bond donors (Lipinski definition) is 0. The van der Waals surface area contributed by atoms with Gasteiger partial charge in [-0.15, -0.1) is 0 Å². The quantitative estimate of drug-likeness (QED) is 0.597. The lowest BCUT2D eigenvalue weighted by Crippen LogP contribution is -1.81. The van der Waals surface area contributed by atoms with E-state index in [1.807, 2.05) is 12.3 Å². The van der Waals surface area contributed by atoms with E-state index in [4.69, 9.17) is 0 Å². The maximum absolute atomic E-state index is 4.33. The van der Waals surface area contributed by atoms with Crippen molar-refractivity contribution in [3.05, 3.63) is 66.4 Å². The van der Waals surface area contributed by atoms with E-state index in [0.29, 0.717) is 0 Å². The van der Waals surface area contributed by atoms with Crippen LogP contribution in [0.5, 0.6) is 0 Å². The van der Waals surface area contributed by atoms with Crippen molar-refractivity contribution in [1.82, 2.24) is 4.98 Å². The highest BCUT2D eigenvalue weighted by Crippen LogP contribution is 2.23. The Balaban J connectivity index is 2.18. The van der Waals surface area contributed by atoms with E-state index in [0.717, 1.165) is 5.52 Å². The van der Waals surface area contributed by atoms with Gasteiger partial charge in [-0.05, 0) is 36.2 Å². The van der Waals surface area contributed by atoms with Crippen LogP contribution in [0.4, 0.5) is 0 Å². The molecule has 0 amide bonds. The molecule has 82 valence electrons. The summed E-state index contributed by atoms with van der Waals surface area (Å²) in [7, 11) is 0. The van der Waals surface area contributed by atoms with E-state index in [2.05, 4.69) is 60.4 Å². The molecule has 0 saturated heterocycles. The van der Waals surface area contributed by atoms with Gasteiger partial charge in [0.05, 0.1) is 5.52 Å². The third kappa shape index (κ3) is 1.92. The second-order valence-corrected chi connectivity index (χ2v) is 4.28. The first-order chi connectivity index (χ1) is 8.33. The summed E-state index contributed by atoms with van der Waals surface area (Å²) in [5.74, 6) is 0. The molecule has 0 radical (unpaired) electrons. The van der Waals surface area contributed by atoms with Gasteiger partial charge < -0.3 is 0 Å². The van der Waals surface area contributed by atoms with Gasteiger partial charge in [-0.25, -0.2) is 0 Å². The summed E-state index contributed by atoms with van der Waals surface area (Å²) in [5, 5.41) is 1.19. The third-order valence-electron chi connectivity index (χ3n) is 2.95. The fourth-order valence-corrected chi connectivity index (χ4v) is 2.08. The summed E-state index contributed by atoms with van der Waals surface area (Å²) in [4.78, 5) is 4.33. The van der Waals surface area contributed by atoms with Crippen molar-refractivity contribution in [1.29, 1.82) is 0 Å². The van der Waals surface area contributed by atoms with Crippen LogP contribution < -0.4 is 0 Å². The summed E-state index contributed by atoms with van der Waals surface area (Å²) in [6, 6.07) is 19.0. The molecule has 0 spiro atoms. The van der Waals surface area contributed by atoms with Gasteiger partial charge in [-0.3, -0.25) is 4.98 Å². The number of nitrogens with zero attached hydrogens (tertiary/aromatic N) is 1. The van der Waals surface area contributed by atoms with Crippen LogP contribution in [0.3, 0.4) is 0 Å². The van der Waals surface area contributed by atoms with E-state index >= 15 is 0 Å². The molecule has 1 aromatic heterocycles. The molecule has 0 aliphatic heterocycles. The van der Waals surface area contributed by atoms with Crippen molar-refractivity contribution in [2.75, 3.05) is 0 Å². The van der Waals surface area contributed by atoms with Gasteiger partial charge >= 0.3 is 0 Å². The molecule has 0 saturated carbocycles. The number of benzene rings is 2. The molecule has 1 nitrogen and oxygen atoms in total. The second kappa shape index (κ2) is 4.02. The minimum atomic E-state index is 1.05. The van der Waals surface area contributed by atoms with Gasteiger partial charge in [0.2, 0.25) is 0 Å². The SMILES string of the molecule is Cc1cccc(-c2ccc3ncccc3c2)c1. The minimum absolute atomic E-state index is 1.05. The van der Waals surface area contributed by atoms with E-state index in [-0.39, 0.29) is 0 Å². The molecule has 3 aromatic rings. The predicted molar refractivity (Wildman–Crippen MR) is 71.9 cm³/mol. The summed E-state index contributed by atoms with van der Waals surface area (Å²) >= 11 is 0. The molecule has 3 rings (SSSR count). The molecule has 0 N–H and O–H groups in total. The lowest BCUT2D eigenvalue weighted by Gasteiger charge is -2.04. The largest absolute Gasteiger partial charge is 0.256 e. The maximum Gasteiger partial charge on any atom is 0.0702 e. The van der Waals surface area contributed by atoms with Crippen molar-refractivity contribution < 1.29 is 0 Å². The molecule has 0 atom stereocenters. The number of hydrogen-bond acceptors (Lipinski definition) is 1. The summed E-state index contributed by atoms with van der Waals surface area (Å²) in [6.07, 6.45) is 1.83. The molecule has 2 aromatic carbocycles. The smallest absolute Gasteiger partial charge is 0.0702 e. The fraction of sp³-hybridized carbons (Fsp3) is 0.0625. The molecule has 1 heteroatoms. The van der Waals surface area contributed by atoms with Crippen molar-refractivity contribution in [2.24, 2.45) is 0 Å². The Morgan fingerprint density at radius 3 is 2.59 bits per heavy atom. The highest BCUT2D eigenvalue weighted by Gasteiger charge is 1.99.